The van der Waals surface area contributed by atoms with Crippen LogP contribution in [-0.4, -0.2) is 5.91 Å². The van der Waals surface area contributed by atoms with Crippen molar-refractivity contribution in [1.82, 2.24) is 0 Å². The Balaban J connectivity index is 2.08. The summed E-state index contributed by atoms with van der Waals surface area (Å²) in [7, 11) is 0. The lowest BCUT2D eigenvalue weighted by Crippen LogP contribution is -2.09. The number of benzene rings is 2. The normalized spacial score (nSPS) is 10.8. The Morgan fingerprint density at radius 3 is 2.60 bits per heavy atom. The van der Waals surface area contributed by atoms with Gasteiger partial charge in [0.05, 0.1) is 0 Å². The summed E-state index contributed by atoms with van der Waals surface area (Å²) >= 11 is 0. The predicted molar refractivity (Wildman–Crippen MR) is 80.0 cm³/mol. The minimum absolute atomic E-state index is 0.278. The van der Waals surface area contributed by atoms with Crippen LogP contribution in [0.5, 0.6) is 0 Å². The van der Waals surface area contributed by atoms with Crippen molar-refractivity contribution < 1.29 is 9.18 Å². The summed E-state index contributed by atoms with van der Waals surface area (Å²) in [6.45, 7) is 3.93. The summed E-state index contributed by atoms with van der Waals surface area (Å²) in [6, 6.07) is 12.1. The second-order valence-electron chi connectivity index (χ2n) is 4.66. The molecular formula is C17H16FNO. The second-order valence-corrected chi connectivity index (χ2v) is 4.66. The van der Waals surface area contributed by atoms with Gasteiger partial charge in [0.25, 0.3) is 0 Å². The fourth-order valence-electron chi connectivity index (χ4n) is 1.90. The summed E-state index contributed by atoms with van der Waals surface area (Å²) in [4.78, 5) is 11.8. The molecule has 0 spiro atoms. The quantitative estimate of drug-likeness (QED) is 0.835. The molecule has 2 aromatic carbocycles. The van der Waals surface area contributed by atoms with E-state index in [-0.39, 0.29) is 11.7 Å². The lowest BCUT2D eigenvalue weighted by atomic mass is 10.1. The number of anilines is 1. The summed E-state index contributed by atoms with van der Waals surface area (Å²) in [5.74, 6) is -0.622. The first-order valence-electron chi connectivity index (χ1n) is 6.37. The van der Waals surface area contributed by atoms with Crippen molar-refractivity contribution in [2.45, 2.75) is 13.8 Å². The molecule has 1 amide bonds. The molecule has 0 atom stereocenters. The average molecular weight is 269 g/mol. The number of hydrogen-bond donors (Lipinski definition) is 1. The molecule has 0 saturated carbocycles. The third-order valence-electron chi connectivity index (χ3n) is 2.96. The average Bonchev–Trinajstić information content (AvgIpc) is 2.41. The predicted octanol–water partition coefficient (Wildman–Crippen LogP) is 4.09. The number of aryl methyl sites for hydroxylation is 2. The van der Waals surface area contributed by atoms with Crippen LogP contribution in [0.3, 0.4) is 0 Å². The molecule has 20 heavy (non-hydrogen) atoms. The number of nitrogens with one attached hydrogen (secondary N) is 1. The first-order chi connectivity index (χ1) is 9.56. The Bertz CT molecular complexity index is 662. The van der Waals surface area contributed by atoms with Crippen molar-refractivity contribution in [2.75, 3.05) is 5.32 Å². The van der Waals surface area contributed by atoms with Crippen molar-refractivity contribution in [3.63, 3.8) is 0 Å². The van der Waals surface area contributed by atoms with E-state index in [9.17, 15) is 9.18 Å². The number of hydrogen-bond acceptors (Lipinski definition) is 1. The number of carbonyl (C=O) groups is 1. The molecule has 0 unspecified atom stereocenters. The van der Waals surface area contributed by atoms with Crippen LogP contribution in [0.2, 0.25) is 0 Å². The smallest absolute Gasteiger partial charge is 0.248 e. The highest BCUT2D eigenvalue weighted by Crippen LogP contribution is 2.16. The van der Waals surface area contributed by atoms with Gasteiger partial charge >= 0.3 is 0 Å². The molecule has 1 N–H and O–H groups in total. The monoisotopic (exact) mass is 269 g/mol. The minimum atomic E-state index is -0.344. The maximum atomic E-state index is 13.4. The van der Waals surface area contributed by atoms with E-state index >= 15 is 0 Å². The number of amides is 1. The highest BCUT2D eigenvalue weighted by Gasteiger charge is 2.02. The molecule has 2 aromatic rings. The first-order valence-corrected chi connectivity index (χ1v) is 6.37. The Morgan fingerprint density at radius 1 is 1.15 bits per heavy atom. The summed E-state index contributed by atoms with van der Waals surface area (Å²) in [5, 5.41) is 2.78. The van der Waals surface area contributed by atoms with Crippen molar-refractivity contribution >= 4 is 17.7 Å². The van der Waals surface area contributed by atoms with Gasteiger partial charge in [-0.25, -0.2) is 4.39 Å². The molecule has 0 aromatic heterocycles. The summed E-state index contributed by atoms with van der Waals surface area (Å²) in [5.41, 5.74) is 3.29. The van der Waals surface area contributed by atoms with Gasteiger partial charge in [-0.05, 0) is 37.6 Å². The molecule has 102 valence electrons. The lowest BCUT2D eigenvalue weighted by Gasteiger charge is -2.07. The van der Waals surface area contributed by atoms with Gasteiger partial charge in [-0.1, -0.05) is 35.9 Å². The van der Waals surface area contributed by atoms with Crippen LogP contribution in [-0.2, 0) is 4.79 Å². The summed E-state index contributed by atoms with van der Waals surface area (Å²) < 4.78 is 13.4. The standard InChI is InChI=1S/C17H16FNO/c1-12-7-9-16(13(2)11-12)19-17(20)10-8-14-5-3-4-6-15(14)18/h3-11H,1-2H3,(H,19,20)/b10-8+. The fraction of sp³-hybridized carbons (Fsp3) is 0.118. The van der Waals surface area contributed by atoms with E-state index < -0.39 is 0 Å². The van der Waals surface area contributed by atoms with Gasteiger partial charge in [0.15, 0.2) is 0 Å². The molecule has 0 radical (unpaired) electrons. The van der Waals surface area contributed by atoms with Crippen molar-refractivity contribution in [2.24, 2.45) is 0 Å². The molecular weight excluding hydrogens is 253 g/mol. The maximum Gasteiger partial charge on any atom is 0.248 e. The molecule has 2 rings (SSSR count). The number of carbonyl (C=O) groups excluding carboxylic acids is 1. The van der Waals surface area contributed by atoms with Gasteiger partial charge in [-0.2, -0.15) is 0 Å². The van der Waals surface area contributed by atoms with Crippen LogP contribution >= 0.6 is 0 Å². The zero-order chi connectivity index (χ0) is 14.5. The Labute approximate surface area is 118 Å². The summed E-state index contributed by atoms with van der Waals surface area (Å²) in [6.07, 6.45) is 2.80. The van der Waals surface area contributed by atoms with Crippen LogP contribution < -0.4 is 5.32 Å². The first kappa shape index (κ1) is 14.0. The zero-order valence-electron chi connectivity index (χ0n) is 11.5. The van der Waals surface area contributed by atoms with Crippen LogP contribution in [0.1, 0.15) is 16.7 Å². The van der Waals surface area contributed by atoms with Crippen molar-refractivity contribution in [3.05, 3.63) is 71.0 Å². The molecule has 0 saturated heterocycles. The number of halogens is 1. The third kappa shape index (κ3) is 3.54. The molecule has 0 bridgehead atoms. The largest absolute Gasteiger partial charge is 0.322 e. The third-order valence-corrected chi connectivity index (χ3v) is 2.96. The Hall–Kier alpha value is -2.42. The van der Waals surface area contributed by atoms with E-state index in [1.807, 2.05) is 32.0 Å². The molecule has 3 heteroatoms. The van der Waals surface area contributed by atoms with Crippen LogP contribution in [0.25, 0.3) is 6.08 Å². The highest BCUT2D eigenvalue weighted by molar-refractivity contribution is 6.02. The van der Waals surface area contributed by atoms with E-state index in [1.165, 1.54) is 18.2 Å². The molecule has 0 fully saturated rings. The highest BCUT2D eigenvalue weighted by atomic mass is 19.1. The van der Waals surface area contributed by atoms with Gasteiger partial charge in [-0.3, -0.25) is 4.79 Å². The molecule has 0 aliphatic carbocycles. The van der Waals surface area contributed by atoms with Gasteiger partial charge in [-0.15, -0.1) is 0 Å². The minimum Gasteiger partial charge on any atom is -0.322 e. The van der Waals surface area contributed by atoms with Gasteiger partial charge in [0.2, 0.25) is 5.91 Å². The van der Waals surface area contributed by atoms with Crippen LogP contribution in [0, 0.1) is 19.7 Å². The van der Waals surface area contributed by atoms with Gasteiger partial charge in [0, 0.05) is 17.3 Å². The van der Waals surface area contributed by atoms with E-state index in [0.717, 1.165) is 16.8 Å². The zero-order valence-corrected chi connectivity index (χ0v) is 11.5. The second kappa shape index (κ2) is 6.15. The van der Waals surface area contributed by atoms with E-state index in [1.54, 1.807) is 18.2 Å². The van der Waals surface area contributed by atoms with Crippen LogP contribution in [0.15, 0.2) is 48.5 Å². The van der Waals surface area contributed by atoms with Crippen LogP contribution in [0.4, 0.5) is 10.1 Å². The molecule has 0 aliphatic heterocycles. The SMILES string of the molecule is Cc1ccc(NC(=O)/C=C/c2ccccc2F)c(C)c1. The van der Waals surface area contributed by atoms with Crippen molar-refractivity contribution in [1.29, 1.82) is 0 Å². The van der Waals surface area contributed by atoms with Gasteiger partial charge < -0.3 is 5.32 Å². The maximum absolute atomic E-state index is 13.4. The molecule has 0 heterocycles. The van der Waals surface area contributed by atoms with E-state index in [4.69, 9.17) is 0 Å². The number of rotatable bonds is 3. The Morgan fingerprint density at radius 2 is 1.90 bits per heavy atom. The molecule has 2 nitrogen and oxygen atoms in total. The van der Waals surface area contributed by atoms with E-state index in [0.29, 0.717) is 5.56 Å². The lowest BCUT2D eigenvalue weighted by molar-refractivity contribution is -0.111. The topological polar surface area (TPSA) is 29.1 Å². The molecule has 0 aliphatic rings. The fourth-order valence-corrected chi connectivity index (χ4v) is 1.90. The Kier molecular flexibility index (Phi) is 4.31. The van der Waals surface area contributed by atoms with E-state index in [2.05, 4.69) is 5.32 Å². The van der Waals surface area contributed by atoms with Crippen molar-refractivity contribution in [3.8, 4) is 0 Å². The van der Waals surface area contributed by atoms with Gasteiger partial charge in [0.1, 0.15) is 5.82 Å².